The quantitative estimate of drug-likeness (QED) is 0.323. The molecule has 0 spiro atoms. The summed E-state index contributed by atoms with van der Waals surface area (Å²) in [6.45, 7) is 2.26. The van der Waals surface area contributed by atoms with Crippen molar-refractivity contribution in [3.05, 3.63) is 24.3 Å². The fraction of sp³-hybridized carbons (Fsp3) is 0.696. The summed E-state index contributed by atoms with van der Waals surface area (Å²) >= 11 is 0. The fourth-order valence-corrected chi connectivity index (χ4v) is 2.92. The molecule has 1 aromatic carbocycles. The van der Waals surface area contributed by atoms with Crippen LogP contribution in [0.25, 0.3) is 0 Å². The first-order chi connectivity index (χ1) is 13.1. The molecular weight excluding hydrogens is 340 g/mol. The third-order valence-electron chi connectivity index (χ3n) is 4.58. The highest BCUT2D eigenvalue weighted by molar-refractivity contribution is 5.66. The van der Waals surface area contributed by atoms with Gasteiger partial charge < -0.3 is 14.9 Å². The van der Waals surface area contributed by atoms with Crippen molar-refractivity contribution in [1.82, 2.24) is 0 Å². The number of phenolic OH excluding ortho intramolecular Hbond substituents is 1. The number of para-hydroxylation sites is 2. The zero-order valence-electron chi connectivity index (χ0n) is 17.4. The number of ether oxygens (including phenoxy) is 1. The number of carbonyl (C=O) groups is 1. The summed E-state index contributed by atoms with van der Waals surface area (Å²) in [4.78, 5) is 10.3. The Morgan fingerprint density at radius 2 is 1.26 bits per heavy atom. The second kappa shape index (κ2) is 19.1. The SMILES string of the molecule is CCCCCCCCCCCCCCCC(=O)O.COc1ccccc1O. The smallest absolute Gasteiger partial charge is 0.303 e. The van der Waals surface area contributed by atoms with E-state index < -0.39 is 5.97 Å². The van der Waals surface area contributed by atoms with Crippen LogP contribution in [-0.2, 0) is 4.79 Å². The first-order valence-corrected chi connectivity index (χ1v) is 10.7. The summed E-state index contributed by atoms with van der Waals surface area (Å²) in [6.07, 6.45) is 17.3. The standard InChI is InChI=1S/C16H32O2.C7H8O2/c1-2-3-4-5-6-7-8-9-10-11-12-13-14-15-16(17)18;1-9-7-5-3-2-4-6(7)8/h2-15H2,1H3,(H,17,18);2-5,8H,1H3. The third kappa shape index (κ3) is 17.5. The minimum absolute atomic E-state index is 0.181. The predicted octanol–water partition coefficient (Wildman–Crippen LogP) is 6.95. The van der Waals surface area contributed by atoms with Gasteiger partial charge in [0.05, 0.1) is 7.11 Å². The van der Waals surface area contributed by atoms with Gasteiger partial charge in [-0.25, -0.2) is 0 Å². The number of benzene rings is 1. The monoisotopic (exact) mass is 380 g/mol. The maximum atomic E-state index is 10.3. The molecule has 0 saturated heterocycles. The summed E-state index contributed by atoms with van der Waals surface area (Å²) in [5, 5.41) is 17.5. The van der Waals surface area contributed by atoms with Gasteiger partial charge >= 0.3 is 5.97 Å². The molecule has 0 unspecified atom stereocenters. The Kier molecular flexibility index (Phi) is 17.9. The van der Waals surface area contributed by atoms with Crippen molar-refractivity contribution < 1.29 is 19.7 Å². The fourth-order valence-electron chi connectivity index (χ4n) is 2.92. The number of carboxylic acid groups (broad SMARTS) is 1. The van der Waals surface area contributed by atoms with Crippen LogP contribution in [0.1, 0.15) is 96.8 Å². The number of aliphatic carboxylic acids is 1. The van der Waals surface area contributed by atoms with Crippen LogP contribution in [0.2, 0.25) is 0 Å². The van der Waals surface area contributed by atoms with Gasteiger partial charge in [0, 0.05) is 6.42 Å². The molecule has 4 nitrogen and oxygen atoms in total. The van der Waals surface area contributed by atoms with Gasteiger partial charge in [0.1, 0.15) is 0 Å². The Morgan fingerprint density at radius 3 is 1.63 bits per heavy atom. The maximum absolute atomic E-state index is 10.3. The van der Waals surface area contributed by atoms with E-state index in [2.05, 4.69) is 6.92 Å². The van der Waals surface area contributed by atoms with Crippen molar-refractivity contribution in [3.63, 3.8) is 0 Å². The first-order valence-electron chi connectivity index (χ1n) is 10.7. The van der Waals surface area contributed by atoms with Gasteiger partial charge in [-0.15, -0.1) is 0 Å². The van der Waals surface area contributed by atoms with Crippen LogP contribution in [0.15, 0.2) is 24.3 Å². The predicted molar refractivity (Wildman–Crippen MR) is 113 cm³/mol. The number of hydrogen-bond acceptors (Lipinski definition) is 3. The lowest BCUT2D eigenvalue weighted by Crippen LogP contribution is -1.93. The molecule has 0 aromatic heterocycles. The zero-order chi connectivity index (χ0) is 20.2. The van der Waals surface area contributed by atoms with E-state index in [-0.39, 0.29) is 5.75 Å². The highest BCUT2D eigenvalue weighted by Crippen LogP contribution is 2.23. The minimum atomic E-state index is -0.655. The lowest BCUT2D eigenvalue weighted by Gasteiger charge is -2.02. The lowest BCUT2D eigenvalue weighted by atomic mass is 10.0. The van der Waals surface area contributed by atoms with Crippen molar-refractivity contribution in [2.45, 2.75) is 96.8 Å². The van der Waals surface area contributed by atoms with Gasteiger partial charge in [0.2, 0.25) is 0 Å². The van der Waals surface area contributed by atoms with E-state index in [4.69, 9.17) is 14.9 Å². The van der Waals surface area contributed by atoms with Gasteiger partial charge in [-0.3, -0.25) is 4.79 Å². The molecule has 0 aliphatic carbocycles. The van der Waals surface area contributed by atoms with Gasteiger partial charge in [0.25, 0.3) is 0 Å². The molecule has 0 amide bonds. The molecule has 156 valence electrons. The topological polar surface area (TPSA) is 66.8 Å². The van der Waals surface area contributed by atoms with Gasteiger partial charge in [0.15, 0.2) is 11.5 Å². The molecule has 0 saturated carbocycles. The Morgan fingerprint density at radius 1 is 0.815 bits per heavy atom. The van der Waals surface area contributed by atoms with E-state index in [9.17, 15) is 4.79 Å². The molecule has 27 heavy (non-hydrogen) atoms. The molecule has 0 atom stereocenters. The molecule has 0 aliphatic rings. The van der Waals surface area contributed by atoms with E-state index in [0.717, 1.165) is 12.8 Å². The third-order valence-corrected chi connectivity index (χ3v) is 4.58. The van der Waals surface area contributed by atoms with E-state index in [1.165, 1.54) is 77.7 Å². The number of aromatic hydroxyl groups is 1. The lowest BCUT2D eigenvalue weighted by molar-refractivity contribution is -0.137. The summed E-state index contributed by atoms with van der Waals surface area (Å²) in [6, 6.07) is 6.84. The second-order valence-electron chi connectivity index (χ2n) is 7.06. The van der Waals surface area contributed by atoms with Crippen LogP contribution in [0.4, 0.5) is 0 Å². The molecule has 4 heteroatoms. The molecule has 1 aromatic rings. The number of hydrogen-bond donors (Lipinski definition) is 2. The Labute approximate surface area is 166 Å². The maximum Gasteiger partial charge on any atom is 0.303 e. The summed E-state index contributed by atoms with van der Waals surface area (Å²) in [7, 11) is 1.52. The van der Waals surface area contributed by atoms with Crippen LogP contribution >= 0.6 is 0 Å². The van der Waals surface area contributed by atoms with Crippen molar-refractivity contribution in [3.8, 4) is 11.5 Å². The van der Waals surface area contributed by atoms with E-state index in [1.807, 2.05) is 0 Å². The van der Waals surface area contributed by atoms with E-state index in [1.54, 1.807) is 24.3 Å². The van der Waals surface area contributed by atoms with Crippen LogP contribution in [0.3, 0.4) is 0 Å². The minimum Gasteiger partial charge on any atom is -0.504 e. The van der Waals surface area contributed by atoms with Crippen molar-refractivity contribution in [2.75, 3.05) is 7.11 Å². The Bertz CT molecular complexity index is 459. The number of unbranched alkanes of at least 4 members (excludes halogenated alkanes) is 12. The number of rotatable bonds is 15. The highest BCUT2D eigenvalue weighted by Gasteiger charge is 1.97. The summed E-state index contributed by atoms with van der Waals surface area (Å²) in [5.41, 5.74) is 0. The number of methoxy groups -OCH3 is 1. The summed E-state index contributed by atoms with van der Waals surface area (Å²) < 4.78 is 4.79. The van der Waals surface area contributed by atoms with Gasteiger partial charge in [-0.05, 0) is 18.6 Å². The first kappa shape index (κ1) is 25.3. The molecule has 0 aliphatic heterocycles. The normalized spacial score (nSPS) is 10.1. The zero-order valence-corrected chi connectivity index (χ0v) is 17.4. The molecule has 0 radical (unpaired) electrons. The van der Waals surface area contributed by atoms with E-state index in [0.29, 0.717) is 12.2 Å². The molecule has 0 heterocycles. The number of phenols is 1. The van der Waals surface area contributed by atoms with Crippen molar-refractivity contribution >= 4 is 5.97 Å². The average molecular weight is 381 g/mol. The number of carboxylic acids is 1. The van der Waals surface area contributed by atoms with Crippen LogP contribution in [0.5, 0.6) is 11.5 Å². The van der Waals surface area contributed by atoms with Crippen LogP contribution in [-0.4, -0.2) is 23.3 Å². The molecular formula is C23H40O4. The van der Waals surface area contributed by atoms with Gasteiger partial charge in [-0.1, -0.05) is 96.1 Å². The molecule has 0 fully saturated rings. The Balaban J connectivity index is 0.000000621. The highest BCUT2D eigenvalue weighted by atomic mass is 16.5. The largest absolute Gasteiger partial charge is 0.504 e. The van der Waals surface area contributed by atoms with Crippen molar-refractivity contribution in [1.29, 1.82) is 0 Å². The average Bonchev–Trinajstić information content (AvgIpc) is 2.66. The molecule has 2 N–H and O–H groups in total. The second-order valence-corrected chi connectivity index (χ2v) is 7.06. The van der Waals surface area contributed by atoms with Crippen molar-refractivity contribution in [2.24, 2.45) is 0 Å². The van der Waals surface area contributed by atoms with E-state index >= 15 is 0 Å². The van der Waals surface area contributed by atoms with Crippen LogP contribution in [0, 0.1) is 0 Å². The molecule has 1 rings (SSSR count). The molecule has 0 bridgehead atoms. The summed E-state index contributed by atoms with van der Waals surface area (Å²) in [5.74, 6) is 0.0376. The van der Waals surface area contributed by atoms with Gasteiger partial charge in [-0.2, -0.15) is 0 Å². The van der Waals surface area contributed by atoms with Crippen LogP contribution < -0.4 is 4.74 Å². The Hall–Kier alpha value is -1.71.